The van der Waals surface area contributed by atoms with Crippen molar-refractivity contribution < 1.29 is 4.79 Å². The van der Waals surface area contributed by atoms with Crippen molar-refractivity contribution in [2.24, 2.45) is 5.73 Å². The molecule has 0 saturated carbocycles. The number of aromatic nitrogens is 2. The molecule has 3 N–H and O–H groups in total. The molecule has 0 atom stereocenters. The van der Waals surface area contributed by atoms with E-state index < -0.39 is 0 Å². The van der Waals surface area contributed by atoms with Gasteiger partial charge in [-0.15, -0.1) is 0 Å². The van der Waals surface area contributed by atoms with Crippen LogP contribution in [0.15, 0.2) is 18.2 Å². The zero-order chi connectivity index (χ0) is 13.3. The number of H-pyrrole nitrogens is 1. The summed E-state index contributed by atoms with van der Waals surface area (Å²) in [7, 11) is 0. The molecule has 0 saturated heterocycles. The Kier molecular flexibility index (Phi) is 3.11. The fourth-order valence-corrected chi connectivity index (χ4v) is 1.89. The van der Waals surface area contributed by atoms with Gasteiger partial charge < -0.3 is 10.7 Å². The average Bonchev–Trinajstić information content (AvgIpc) is 2.66. The third-order valence-electron chi connectivity index (χ3n) is 3.01. The number of imidazole rings is 1. The molecule has 0 aliphatic carbocycles. The monoisotopic (exact) mass is 245 g/mol. The zero-order valence-electron chi connectivity index (χ0n) is 11.1. The minimum absolute atomic E-state index is 0.118. The molecule has 2 rings (SSSR count). The average molecular weight is 245 g/mol. The van der Waals surface area contributed by atoms with Crippen LogP contribution in [0, 0.1) is 0 Å². The molecule has 0 unspecified atom stereocenters. The number of benzene rings is 1. The first kappa shape index (κ1) is 12.6. The molecule has 0 spiro atoms. The number of primary amides is 1. The summed E-state index contributed by atoms with van der Waals surface area (Å²) in [6.07, 6.45) is 0.890. The number of nitrogens with two attached hydrogens (primary N) is 1. The van der Waals surface area contributed by atoms with Crippen LogP contribution in [0.5, 0.6) is 0 Å². The summed E-state index contributed by atoms with van der Waals surface area (Å²) in [4.78, 5) is 18.4. The number of rotatable bonds is 3. The fraction of sp³-hybridized carbons (Fsp3) is 0.429. The van der Waals surface area contributed by atoms with Crippen LogP contribution in [-0.2, 0) is 16.6 Å². The number of aromatic amines is 1. The molecule has 0 aliphatic heterocycles. The van der Waals surface area contributed by atoms with Gasteiger partial charge in [0.15, 0.2) is 0 Å². The minimum atomic E-state index is -0.300. The van der Waals surface area contributed by atoms with Crippen LogP contribution in [0.25, 0.3) is 11.0 Å². The SMILES string of the molecule is CC(C)(C)c1ccc2nc(CCC(N)=O)[nH]c2c1. The summed E-state index contributed by atoms with van der Waals surface area (Å²) in [5, 5.41) is 0. The second-order valence-corrected chi connectivity index (χ2v) is 5.63. The number of hydrogen-bond acceptors (Lipinski definition) is 2. The van der Waals surface area contributed by atoms with Gasteiger partial charge in [0.2, 0.25) is 5.91 Å². The number of carbonyl (C=O) groups excluding carboxylic acids is 1. The molecule has 1 heterocycles. The normalized spacial score (nSPS) is 11.9. The van der Waals surface area contributed by atoms with Crippen LogP contribution in [0.2, 0.25) is 0 Å². The van der Waals surface area contributed by atoms with Crippen LogP contribution in [-0.4, -0.2) is 15.9 Å². The molecule has 2 aromatic rings. The van der Waals surface area contributed by atoms with E-state index in [1.807, 2.05) is 6.07 Å². The Morgan fingerprint density at radius 3 is 2.72 bits per heavy atom. The van der Waals surface area contributed by atoms with Crippen LogP contribution < -0.4 is 5.73 Å². The number of hydrogen-bond donors (Lipinski definition) is 2. The van der Waals surface area contributed by atoms with Crippen LogP contribution in [0.3, 0.4) is 0 Å². The van der Waals surface area contributed by atoms with Gasteiger partial charge in [-0.1, -0.05) is 26.8 Å². The highest BCUT2D eigenvalue weighted by Gasteiger charge is 2.14. The lowest BCUT2D eigenvalue weighted by molar-refractivity contribution is -0.118. The topological polar surface area (TPSA) is 71.8 Å². The Hall–Kier alpha value is -1.84. The van der Waals surface area contributed by atoms with Gasteiger partial charge >= 0.3 is 0 Å². The summed E-state index contributed by atoms with van der Waals surface area (Å²) in [6, 6.07) is 6.23. The van der Waals surface area contributed by atoms with Crippen molar-refractivity contribution in [3.8, 4) is 0 Å². The van der Waals surface area contributed by atoms with Gasteiger partial charge in [-0.2, -0.15) is 0 Å². The lowest BCUT2D eigenvalue weighted by atomic mass is 9.87. The molecule has 1 aromatic heterocycles. The van der Waals surface area contributed by atoms with Crippen molar-refractivity contribution in [3.63, 3.8) is 0 Å². The first-order chi connectivity index (χ1) is 8.36. The second-order valence-electron chi connectivity index (χ2n) is 5.63. The number of fused-ring (bicyclic) bond motifs is 1. The predicted octanol–water partition coefficient (Wildman–Crippen LogP) is 2.28. The van der Waals surface area contributed by atoms with E-state index in [1.165, 1.54) is 5.56 Å². The van der Waals surface area contributed by atoms with E-state index in [0.29, 0.717) is 12.8 Å². The van der Waals surface area contributed by atoms with Crippen molar-refractivity contribution in [2.45, 2.75) is 39.0 Å². The number of aryl methyl sites for hydroxylation is 1. The minimum Gasteiger partial charge on any atom is -0.370 e. The smallest absolute Gasteiger partial charge is 0.217 e. The number of nitrogens with one attached hydrogen (secondary N) is 1. The predicted molar refractivity (Wildman–Crippen MR) is 72.3 cm³/mol. The number of carbonyl (C=O) groups is 1. The van der Waals surface area contributed by atoms with Gasteiger partial charge in [0.25, 0.3) is 0 Å². The van der Waals surface area contributed by atoms with Gasteiger partial charge in [0.1, 0.15) is 5.82 Å². The van der Waals surface area contributed by atoms with Gasteiger partial charge in [0.05, 0.1) is 11.0 Å². The van der Waals surface area contributed by atoms with E-state index in [2.05, 4.69) is 42.9 Å². The lowest BCUT2D eigenvalue weighted by Crippen LogP contribution is -2.11. The maximum absolute atomic E-state index is 10.8. The zero-order valence-corrected chi connectivity index (χ0v) is 11.1. The Labute approximate surface area is 107 Å². The quantitative estimate of drug-likeness (QED) is 0.870. The molecule has 96 valence electrons. The molecule has 4 nitrogen and oxygen atoms in total. The summed E-state index contributed by atoms with van der Waals surface area (Å²) in [5.74, 6) is 0.515. The molecule has 1 aromatic carbocycles. The van der Waals surface area contributed by atoms with Crippen LogP contribution >= 0.6 is 0 Å². The number of nitrogens with zero attached hydrogens (tertiary/aromatic N) is 1. The molecular weight excluding hydrogens is 226 g/mol. The summed E-state index contributed by atoms with van der Waals surface area (Å²) >= 11 is 0. The third kappa shape index (κ3) is 2.70. The van der Waals surface area contributed by atoms with Crippen molar-refractivity contribution in [2.75, 3.05) is 0 Å². The maximum atomic E-state index is 10.8. The second kappa shape index (κ2) is 4.44. The standard InChI is InChI=1S/C14H19N3O/c1-14(2,3)9-4-5-10-11(8-9)17-13(16-10)7-6-12(15)18/h4-5,8H,6-7H2,1-3H3,(H2,15,18)(H,16,17). The Morgan fingerprint density at radius 1 is 1.39 bits per heavy atom. The summed E-state index contributed by atoms with van der Waals surface area (Å²) in [5.41, 5.74) is 8.47. The van der Waals surface area contributed by atoms with E-state index in [1.54, 1.807) is 0 Å². The molecule has 0 bridgehead atoms. The Balaban J connectivity index is 2.31. The first-order valence-corrected chi connectivity index (χ1v) is 6.14. The fourth-order valence-electron chi connectivity index (χ4n) is 1.89. The first-order valence-electron chi connectivity index (χ1n) is 6.14. The highest BCUT2D eigenvalue weighted by molar-refractivity contribution is 5.77. The largest absolute Gasteiger partial charge is 0.370 e. The van der Waals surface area contributed by atoms with Crippen LogP contribution in [0.4, 0.5) is 0 Å². The van der Waals surface area contributed by atoms with E-state index in [9.17, 15) is 4.79 Å². The van der Waals surface area contributed by atoms with E-state index in [0.717, 1.165) is 16.9 Å². The van der Waals surface area contributed by atoms with E-state index >= 15 is 0 Å². The molecule has 0 aliphatic rings. The molecule has 18 heavy (non-hydrogen) atoms. The van der Waals surface area contributed by atoms with Crippen molar-refractivity contribution in [1.29, 1.82) is 0 Å². The van der Waals surface area contributed by atoms with Gasteiger partial charge in [0, 0.05) is 12.8 Å². The highest BCUT2D eigenvalue weighted by Crippen LogP contribution is 2.25. The van der Waals surface area contributed by atoms with Crippen LogP contribution in [0.1, 0.15) is 38.6 Å². The summed E-state index contributed by atoms with van der Waals surface area (Å²) in [6.45, 7) is 6.54. The molecular formula is C14H19N3O. The lowest BCUT2D eigenvalue weighted by Gasteiger charge is -2.18. The van der Waals surface area contributed by atoms with Crippen molar-refractivity contribution in [1.82, 2.24) is 9.97 Å². The number of amides is 1. The Bertz CT molecular complexity index is 578. The van der Waals surface area contributed by atoms with E-state index in [-0.39, 0.29) is 11.3 Å². The van der Waals surface area contributed by atoms with Crippen molar-refractivity contribution >= 4 is 16.9 Å². The summed E-state index contributed by atoms with van der Waals surface area (Å²) < 4.78 is 0. The Morgan fingerprint density at radius 2 is 2.11 bits per heavy atom. The molecule has 0 fully saturated rings. The molecule has 4 heteroatoms. The van der Waals surface area contributed by atoms with E-state index in [4.69, 9.17) is 5.73 Å². The van der Waals surface area contributed by atoms with Crippen molar-refractivity contribution in [3.05, 3.63) is 29.6 Å². The van der Waals surface area contributed by atoms with Gasteiger partial charge in [-0.05, 0) is 23.1 Å². The van der Waals surface area contributed by atoms with Gasteiger partial charge in [-0.25, -0.2) is 4.98 Å². The highest BCUT2D eigenvalue weighted by atomic mass is 16.1. The van der Waals surface area contributed by atoms with Gasteiger partial charge in [-0.3, -0.25) is 4.79 Å². The molecule has 1 amide bonds. The third-order valence-corrected chi connectivity index (χ3v) is 3.01. The maximum Gasteiger partial charge on any atom is 0.217 e. The molecule has 0 radical (unpaired) electrons.